The molecule has 392 valence electrons. The number of likely N-dealkylation sites (tertiary alicyclic amines) is 2. The minimum absolute atomic E-state index is 0.0960. The van der Waals surface area contributed by atoms with Crippen molar-refractivity contribution in [3.8, 4) is 44.8 Å². The Morgan fingerprint density at radius 3 is 1.63 bits per heavy atom. The van der Waals surface area contributed by atoms with E-state index in [0.29, 0.717) is 34.7 Å². The number of primary amides is 2. The third-order valence-corrected chi connectivity index (χ3v) is 15.3. The van der Waals surface area contributed by atoms with Gasteiger partial charge in [0, 0.05) is 60.4 Å². The van der Waals surface area contributed by atoms with Crippen LogP contribution in [-0.2, 0) is 13.1 Å². The van der Waals surface area contributed by atoms with Gasteiger partial charge in [-0.25, -0.2) is 34.3 Å². The Labute approximate surface area is 459 Å². The van der Waals surface area contributed by atoms with Gasteiger partial charge in [-0.15, -0.1) is 0 Å². The second kappa shape index (κ2) is 22.7. The summed E-state index contributed by atoms with van der Waals surface area (Å²) in [6, 6.07) is 44.7. The maximum absolute atomic E-state index is 13.5. The van der Waals surface area contributed by atoms with Gasteiger partial charge >= 0.3 is 0 Å². The number of benzene rings is 5. The van der Waals surface area contributed by atoms with Crippen molar-refractivity contribution in [3.05, 3.63) is 196 Å². The van der Waals surface area contributed by atoms with Crippen molar-refractivity contribution >= 4 is 63.0 Å². The van der Waals surface area contributed by atoms with Crippen molar-refractivity contribution in [3.63, 3.8) is 0 Å². The van der Waals surface area contributed by atoms with E-state index in [-0.39, 0.29) is 27.3 Å². The number of carbonyl (C=O) groups is 2. The molecule has 5 aromatic carbocycles. The van der Waals surface area contributed by atoms with Gasteiger partial charge in [-0.1, -0.05) is 132 Å². The summed E-state index contributed by atoms with van der Waals surface area (Å²) in [6.07, 6.45) is 7.32. The first-order valence-corrected chi connectivity index (χ1v) is 26.5. The fourth-order valence-corrected chi connectivity index (χ4v) is 11.0. The third kappa shape index (κ3) is 11.2. The highest BCUT2D eigenvalue weighted by molar-refractivity contribution is 6.33. The number of hydrogen-bond acceptors (Lipinski definition) is 11. The summed E-state index contributed by atoms with van der Waals surface area (Å²) in [6.45, 7) is 5.56. The maximum Gasteiger partial charge on any atom is 0.251 e. The fraction of sp³-hybridized carbons (Fsp3) is 0.200. The first-order chi connectivity index (χ1) is 37.9. The molecule has 2 aliphatic rings. The number of nitrogens with two attached hydrogens (primary N) is 3. The number of nitrogens with one attached hydrogen (secondary N) is 1. The molecule has 0 spiro atoms. The number of hydrogen-bond donors (Lipinski definition) is 4. The molecule has 0 saturated carbocycles. The molecule has 2 amide bonds. The number of aromatic nitrogens is 8. The highest BCUT2D eigenvalue weighted by Gasteiger charge is 2.26. The van der Waals surface area contributed by atoms with Crippen LogP contribution in [0.1, 0.15) is 75.3 Å². The average Bonchev–Trinajstić information content (AvgIpc) is 4.18. The first kappa shape index (κ1) is 51.7. The van der Waals surface area contributed by atoms with Crippen LogP contribution < -0.4 is 17.2 Å². The van der Waals surface area contributed by atoms with Gasteiger partial charge in [-0.2, -0.15) is 0 Å². The number of pyridine rings is 2. The van der Waals surface area contributed by atoms with E-state index < -0.39 is 11.8 Å². The lowest BCUT2D eigenvalue weighted by Gasteiger charge is -2.32. The molecule has 18 heteroatoms. The van der Waals surface area contributed by atoms with Gasteiger partial charge in [0.2, 0.25) is 0 Å². The molecule has 78 heavy (non-hydrogen) atoms. The Morgan fingerprint density at radius 1 is 0.603 bits per heavy atom. The lowest BCUT2D eigenvalue weighted by molar-refractivity contribution is 0.0991. The largest absolute Gasteiger partial charge is 0.382 e. The predicted octanol–water partition coefficient (Wildman–Crippen LogP) is 11.3. The lowest BCUT2D eigenvalue weighted by Crippen LogP contribution is -2.34. The number of anilines is 1. The van der Waals surface area contributed by atoms with Crippen LogP contribution in [0.2, 0.25) is 10.3 Å². The Bertz CT molecular complexity index is 3790. The number of piperidine rings is 2. The van der Waals surface area contributed by atoms with E-state index in [9.17, 15) is 14.0 Å². The van der Waals surface area contributed by atoms with Crippen molar-refractivity contribution in [1.82, 2.24) is 49.3 Å². The average molecular weight is 1080 g/mol. The second-order valence-electron chi connectivity index (χ2n) is 19.7. The molecule has 0 aliphatic carbocycles. The molecule has 2 fully saturated rings. The zero-order valence-corrected chi connectivity index (χ0v) is 43.9. The van der Waals surface area contributed by atoms with E-state index in [2.05, 4.69) is 80.7 Å². The molecule has 2 aliphatic heterocycles. The van der Waals surface area contributed by atoms with Gasteiger partial charge in [0.25, 0.3) is 11.8 Å². The minimum Gasteiger partial charge on any atom is -0.382 e. The van der Waals surface area contributed by atoms with Crippen molar-refractivity contribution in [2.24, 2.45) is 11.5 Å². The molecule has 0 atom stereocenters. The van der Waals surface area contributed by atoms with Crippen LogP contribution in [0.4, 0.5) is 10.2 Å². The number of H-pyrrole nitrogens is 1. The monoisotopic (exact) mass is 1080 g/mol. The van der Waals surface area contributed by atoms with Crippen molar-refractivity contribution in [2.45, 2.75) is 50.7 Å². The van der Waals surface area contributed by atoms with E-state index in [1.54, 1.807) is 18.2 Å². The van der Waals surface area contributed by atoms with Crippen molar-refractivity contribution in [2.75, 3.05) is 31.9 Å². The molecule has 15 nitrogen and oxygen atoms in total. The molecule has 7 heterocycles. The van der Waals surface area contributed by atoms with Crippen molar-refractivity contribution < 1.29 is 14.0 Å². The molecule has 0 radical (unpaired) electrons. The van der Waals surface area contributed by atoms with Crippen molar-refractivity contribution in [1.29, 1.82) is 0 Å². The molecule has 0 unspecified atom stereocenters. The second-order valence-corrected chi connectivity index (χ2v) is 20.4. The summed E-state index contributed by atoms with van der Waals surface area (Å²) in [5.74, 6) is 0.240. The van der Waals surface area contributed by atoms with E-state index in [4.69, 9.17) is 45.4 Å². The molecule has 5 aromatic heterocycles. The number of imidazole rings is 2. The fourth-order valence-electron chi connectivity index (χ4n) is 10.5. The summed E-state index contributed by atoms with van der Waals surface area (Å²) < 4.78 is 15.7. The van der Waals surface area contributed by atoms with Crippen LogP contribution in [0.25, 0.3) is 67.0 Å². The maximum atomic E-state index is 13.5. The predicted molar refractivity (Wildman–Crippen MR) is 304 cm³/mol. The van der Waals surface area contributed by atoms with Gasteiger partial charge in [-0.3, -0.25) is 19.4 Å². The van der Waals surface area contributed by atoms with Gasteiger partial charge in [-0.05, 0) is 91.4 Å². The minimum atomic E-state index is -0.607. The molecule has 2 saturated heterocycles. The van der Waals surface area contributed by atoms with E-state index in [1.807, 2.05) is 79.1 Å². The molecular weight excluding hydrogens is 1020 g/mol. The number of rotatable bonds is 12. The van der Waals surface area contributed by atoms with Crippen LogP contribution in [0.5, 0.6) is 0 Å². The summed E-state index contributed by atoms with van der Waals surface area (Å²) in [7, 11) is 0. The molecule has 0 bridgehead atoms. The Hall–Kier alpha value is -8.41. The van der Waals surface area contributed by atoms with Gasteiger partial charge in [0.15, 0.2) is 11.5 Å². The van der Waals surface area contributed by atoms with E-state index >= 15 is 0 Å². The number of nitrogen functional groups attached to an aromatic ring is 1. The first-order valence-electron chi connectivity index (χ1n) is 25.8. The Kier molecular flexibility index (Phi) is 15.0. The Balaban J connectivity index is 0.000000165. The summed E-state index contributed by atoms with van der Waals surface area (Å²) in [5, 5.41) is 0.197. The molecule has 7 N–H and O–H groups in total. The standard InChI is InChI=1S/C31H27ClFN5O.C29H27ClN8O/c32-29-25(30(34)39)17-24(20-4-2-1-3-5-20)28(37-29)21-8-6-19(7-9-21)18-38-14-12-22(13-15-38)31-35-26-11-10-23(33)16-27(26)36-31;30-26-23(28(32)39)14-22(19-4-2-1-3-5-19)24(36-26)20-8-6-18(7-9-20)15-37-12-10-21(11-13-37)38-17-35-25-27(31)33-16-34-29(25)38/h1-11,16-17,22H,12-15,18H2,(H2,34,39)(H,35,36);1-9,14,16-17,21H,10-13,15H2,(H2,32,39)(H2,31,33,34). The summed E-state index contributed by atoms with van der Waals surface area (Å²) in [4.78, 5) is 58.8. The van der Waals surface area contributed by atoms with Gasteiger partial charge in [0.1, 0.15) is 33.8 Å². The Morgan fingerprint density at radius 2 is 1.12 bits per heavy atom. The number of aromatic amines is 1. The van der Waals surface area contributed by atoms with E-state index in [0.717, 1.165) is 121 Å². The number of halogens is 3. The van der Waals surface area contributed by atoms with Crippen LogP contribution >= 0.6 is 23.2 Å². The highest BCUT2D eigenvalue weighted by atomic mass is 35.5. The molecule has 12 rings (SSSR count). The van der Waals surface area contributed by atoms with Crippen LogP contribution in [0.15, 0.2) is 152 Å². The number of fused-ring (bicyclic) bond motifs is 2. The van der Waals surface area contributed by atoms with Crippen LogP contribution in [-0.4, -0.2) is 87.2 Å². The number of nitrogens with zero attached hydrogens (tertiary/aromatic N) is 9. The normalized spacial score (nSPS) is 14.6. The van der Waals surface area contributed by atoms with Gasteiger partial charge < -0.3 is 26.8 Å². The summed E-state index contributed by atoms with van der Waals surface area (Å²) >= 11 is 12.7. The topological polar surface area (TPSA) is 217 Å². The molecule has 10 aromatic rings. The highest BCUT2D eigenvalue weighted by Crippen LogP contribution is 2.37. The van der Waals surface area contributed by atoms with Gasteiger partial charge in [0.05, 0.1) is 39.9 Å². The number of carbonyl (C=O) groups excluding carboxylic acids is 2. The third-order valence-electron chi connectivity index (χ3n) is 14.7. The number of amides is 2. The zero-order chi connectivity index (χ0) is 53.9. The van der Waals surface area contributed by atoms with Crippen LogP contribution in [0.3, 0.4) is 0 Å². The molecular formula is C60H54Cl2FN13O2. The SMILES string of the molecule is NC(=O)c1cc(-c2ccccc2)c(-c2ccc(CN3CCC(c4nc5ccc(F)cc5[nH]4)CC3)cc2)nc1Cl.NC(=O)c1cc(-c2ccccc2)c(-c2ccc(CN3CCC(n4cnc5c(N)ncnc54)CC3)cc2)nc1Cl. The zero-order valence-electron chi connectivity index (χ0n) is 42.4. The van der Waals surface area contributed by atoms with E-state index in [1.165, 1.54) is 29.6 Å². The quantitative estimate of drug-likeness (QED) is 0.0844. The smallest absolute Gasteiger partial charge is 0.251 e. The summed E-state index contributed by atoms with van der Waals surface area (Å²) in [5.41, 5.74) is 29.6. The lowest BCUT2D eigenvalue weighted by atomic mass is 9.95. The van der Waals surface area contributed by atoms with Crippen LogP contribution in [0, 0.1) is 5.82 Å².